The lowest BCUT2D eigenvalue weighted by atomic mass is 10.1. The first kappa shape index (κ1) is 20.6. The lowest BCUT2D eigenvalue weighted by Crippen LogP contribution is -2.47. The first-order valence-corrected chi connectivity index (χ1v) is 11.1. The fourth-order valence-electron chi connectivity index (χ4n) is 4.03. The molecule has 0 spiro atoms. The molecule has 1 aliphatic carbocycles. The van der Waals surface area contributed by atoms with Crippen LogP contribution in [-0.2, 0) is 16.1 Å². The van der Waals surface area contributed by atoms with Gasteiger partial charge in [0.15, 0.2) is 5.54 Å². The number of carbonyl (C=O) groups is 1. The van der Waals surface area contributed by atoms with Gasteiger partial charge in [-0.25, -0.2) is 13.3 Å². The molecule has 2 N–H and O–H groups in total. The number of carboxylic acid groups (broad SMARTS) is 1. The molecule has 2 heterocycles. The monoisotopic (exact) mass is 447 g/mol. The van der Waals surface area contributed by atoms with Crippen LogP contribution in [0.15, 0.2) is 53.1 Å². The molecule has 0 bridgehead atoms. The molecule has 0 amide bonds. The Kier molecular flexibility index (Phi) is 5.16. The number of rotatable bonds is 7. The second kappa shape index (κ2) is 7.53. The normalized spacial score (nSPS) is 23.7. The molecular weight excluding hydrogens is 426 g/mol. The smallest absolute Gasteiger partial charge is 0.331 e. The quantitative estimate of drug-likeness (QED) is 0.532. The Morgan fingerprint density at radius 3 is 2.50 bits per heavy atom. The van der Waals surface area contributed by atoms with E-state index in [2.05, 4.69) is 5.16 Å². The minimum absolute atomic E-state index is 0.355. The summed E-state index contributed by atoms with van der Waals surface area (Å²) >= 11 is -1.33. The number of anilines is 2. The van der Waals surface area contributed by atoms with Gasteiger partial charge in [0.2, 0.25) is 5.88 Å². The molecule has 4 unspecified atom stereocenters. The third-order valence-corrected chi connectivity index (χ3v) is 7.56. The van der Waals surface area contributed by atoms with Crippen LogP contribution in [0.4, 0.5) is 10.9 Å². The van der Waals surface area contributed by atoms with E-state index in [9.17, 15) is 18.7 Å². The number of carboxylic acids is 1. The number of hydrogen-bond acceptors (Lipinski definition) is 6. The minimum Gasteiger partial charge on any atom is -0.479 e. The summed E-state index contributed by atoms with van der Waals surface area (Å²) in [6.45, 7) is 1.79. The van der Waals surface area contributed by atoms with Gasteiger partial charge in [-0.05, 0) is 17.7 Å². The summed E-state index contributed by atoms with van der Waals surface area (Å²) in [6, 6.07) is 14.4. The predicted molar refractivity (Wildman–Crippen MR) is 116 cm³/mol. The first-order valence-electron chi connectivity index (χ1n) is 9.22. The maximum Gasteiger partial charge on any atom is 0.331 e. The van der Waals surface area contributed by atoms with Gasteiger partial charge in [0.1, 0.15) is 10.7 Å². The fourth-order valence-corrected chi connectivity index (χ4v) is 6.09. The van der Waals surface area contributed by atoms with Crippen LogP contribution in [0.3, 0.4) is 0 Å². The molecule has 0 aliphatic heterocycles. The molecule has 0 radical (unpaired) electrons. The summed E-state index contributed by atoms with van der Waals surface area (Å²) in [6.07, 6.45) is 0. The average Bonchev–Trinajstić information content (AvgIpc) is 3.10. The van der Waals surface area contributed by atoms with E-state index >= 15 is 0 Å². The van der Waals surface area contributed by atoms with Gasteiger partial charge in [-0.3, -0.25) is 4.55 Å². The zero-order valence-electron chi connectivity index (χ0n) is 16.6. The van der Waals surface area contributed by atoms with Gasteiger partial charge in [-0.2, -0.15) is 0 Å². The van der Waals surface area contributed by atoms with E-state index in [0.717, 1.165) is 9.87 Å². The highest BCUT2D eigenvalue weighted by Crippen LogP contribution is 2.63. The van der Waals surface area contributed by atoms with E-state index in [0.29, 0.717) is 21.5 Å². The van der Waals surface area contributed by atoms with Crippen molar-refractivity contribution in [3.8, 4) is 10.6 Å². The van der Waals surface area contributed by atoms with Crippen LogP contribution in [-0.4, -0.2) is 44.6 Å². The molecule has 158 valence electrons. The summed E-state index contributed by atoms with van der Waals surface area (Å²) in [5, 5.41) is 14.6. The van der Waals surface area contributed by atoms with E-state index < -0.39 is 28.7 Å². The van der Waals surface area contributed by atoms with Gasteiger partial charge < -0.3 is 14.5 Å². The van der Waals surface area contributed by atoms with Gasteiger partial charge in [0, 0.05) is 32.0 Å². The lowest BCUT2D eigenvalue weighted by molar-refractivity contribution is -0.139. The lowest BCUT2D eigenvalue weighted by Gasteiger charge is -2.27. The van der Waals surface area contributed by atoms with Gasteiger partial charge in [-0.15, -0.1) is 11.3 Å². The van der Waals surface area contributed by atoms with Gasteiger partial charge >= 0.3 is 5.97 Å². The van der Waals surface area contributed by atoms with Crippen LogP contribution in [0.1, 0.15) is 18.4 Å². The molecular formula is C20H21N3O5S2. The van der Waals surface area contributed by atoms with Crippen LogP contribution in [0.5, 0.6) is 0 Å². The highest BCUT2D eigenvalue weighted by atomic mass is 32.2. The number of aromatic nitrogens is 1. The average molecular weight is 448 g/mol. The molecule has 8 nitrogen and oxygen atoms in total. The Hall–Kier alpha value is -2.69. The zero-order valence-corrected chi connectivity index (χ0v) is 18.2. The Bertz CT molecular complexity index is 1100. The number of benzene rings is 1. The molecule has 10 heteroatoms. The fraction of sp³-hybridized carbons (Fsp3) is 0.300. The van der Waals surface area contributed by atoms with Gasteiger partial charge in [0.25, 0.3) is 11.3 Å². The Morgan fingerprint density at radius 1 is 1.23 bits per heavy atom. The second-order valence-electron chi connectivity index (χ2n) is 7.42. The molecule has 4 rings (SSSR count). The third kappa shape index (κ3) is 3.11. The Labute approximate surface area is 180 Å². The van der Waals surface area contributed by atoms with Crippen LogP contribution < -0.4 is 9.21 Å². The molecule has 1 fully saturated rings. The number of hydrogen-bond donors (Lipinski definition) is 2. The summed E-state index contributed by atoms with van der Waals surface area (Å²) in [4.78, 5) is 14.9. The van der Waals surface area contributed by atoms with Crippen molar-refractivity contribution in [1.29, 1.82) is 0 Å². The first-order chi connectivity index (χ1) is 14.3. The highest BCUT2D eigenvalue weighted by molar-refractivity contribution is 7.81. The standard InChI is InChI=1S/C20H21N3O5S2/c1-12-18(13-7-5-4-6-8-13)20(12,19(24)25)23(30(26)27)17-10-9-15(29-17)14-11-16(22(2)3)28-21-14/h4-12,18H,1-3H3,(H,24,25)(H,26,27). The van der Waals surface area contributed by atoms with Crippen molar-refractivity contribution in [2.45, 2.75) is 18.4 Å². The van der Waals surface area contributed by atoms with Crippen molar-refractivity contribution in [3.05, 3.63) is 54.1 Å². The molecule has 0 saturated heterocycles. The van der Waals surface area contributed by atoms with Crippen molar-refractivity contribution in [2.24, 2.45) is 5.92 Å². The van der Waals surface area contributed by atoms with Crippen molar-refractivity contribution < 1.29 is 23.2 Å². The van der Waals surface area contributed by atoms with Crippen molar-refractivity contribution >= 4 is 39.5 Å². The van der Waals surface area contributed by atoms with Crippen molar-refractivity contribution in [3.63, 3.8) is 0 Å². The molecule has 30 heavy (non-hydrogen) atoms. The summed E-state index contributed by atoms with van der Waals surface area (Å²) in [7, 11) is 3.66. The number of nitrogens with zero attached hydrogens (tertiary/aromatic N) is 3. The number of aliphatic carboxylic acids is 1. The molecule has 4 atom stereocenters. The summed E-state index contributed by atoms with van der Waals surface area (Å²) in [5.41, 5.74) is -0.111. The van der Waals surface area contributed by atoms with Crippen LogP contribution in [0.2, 0.25) is 0 Å². The van der Waals surface area contributed by atoms with Crippen LogP contribution >= 0.6 is 11.3 Å². The van der Waals surface area contributed by atoms with Crippen molar-refractivity contribution in [2.75, 3.05) is 23.3 Å². The highest BCUT2D eigenvalue weighted by Gasteiger charge is 2.73. The van der Waals surface area contributed by atoms with Crippen LogP contribution in [0, 0.1) is 5.92 Å². The van der Waals surface area contributed by atoms with E-state index in [4.69, 9.17) is 4.52 Å². The van der Waals surface area contributed by atoms with Gasteiger partial charge in [-0.1, -0.05) is 42.4 Å². The summed E-state index contributed by atoms with van der Waals surface area (Å²) in [5.74, 6) is -1.32. The Balaban J connectivity index is 1.74. The van der Waals surface area contributed by atoms with E-state index in [1.165, 1.54) is 11.3 Å². The second-order valence-corrected chi connectivity index (χ2v) is 9.30. The largest absolute Gasteiger partial charge is 0.479 e. The van der Waals surface area contributed by atoms with E-state index in [1.807, 2.05) is 44.4 Å². The van der Waals surface area contributed by atoms with Gasteiger partial charge in [0.05, 0.1) is 4.88 Å². The van der Waals surface area contributed by atoms with Crippen molar-refractivity contribution in [1.82, 2.24) is 5.16 Å². The molecule has 2 aromatic heterocycles. The molecule has 1 aromatic carbocycles. The number of thiophene rings is 1. The minimum atomic E-state index is -2.53. The topological polar surface area (TPSA) is 107 Å². The SMILES string of the molecule is CC1C(c2ccccc2)C1(C(=O)O)N(c1ccc(-c2cc(N(C)C)on2)s1)S(=O)O. The molecule has 1 saturated carbocycles. The maximum absolute atomic E-state index is 12.4. The Morgan fingerprint density at radius 2 is 1.93 bits per heavy atom. The predicted octanol–water partition coefficient (Wildman–Crippen LogP) is 3.67. The third-order valence-electron chi connectivity index (χ3n) is 5.54. The summed E-state index contributed by atoms with van der Waals surface area (Å²) < 4.78 is 28.9. The maximum atomic E-state index is 12.4. The molecule has 1 aliphatic rings. The molecule has 3 aromatic rings. The zero-order chi connectivity index (χ0) is 21.6. The van der Waals surface area contributed by atoms with E-state index in [-0.39, 0.29) is 5.92 Å². The van der Waals surface area contributed by atoms with E-state index in [1.54, 1.807) is 30.0 Å². The van der Waals surface area contributed by atoms with Crippen LogP contribution in [0.25, 0.3) is 10.6 Å².